The second-order valence-electron chi connectivity index (χ2n) is 8.95. The summed E-state index contributed by atoms with van der Waals surface area (Å²) in [5, 5.41) is 3.02. The van der Waals surface area contributed by atoms with Crippen molar-refractivity contribution in [3.8, 4) is 11.4 Å². The van der Waals surface area contributed by atoms with Crippen LogP contribution in [0, 0.1) is 19.8 Å². The number of ether oxygens (including phenoxy) is 1. The lowest BCUT2D eigenvalue weighted by molar-refractivity contribution is -0.123. The Morgan fingerprint density at radius 1 is 1.09 bits per heavy atom. The number of aryl methyl sites for hydroxylation is 1. The molecule has 0 bridgehead atoms. The molecule has 1 atom stereocenters. The number of piperidine rings is 1. The predicted molar refractivity (Wildman–Crippen MR) is 133 cm³/mol. The number of primary amides is 1. The molecule has 2 heterocycles. The molecule has 1 saturated heterocycles. The summed E-state index contributed by atoms with van der Waals surface area (Å²) in [6.45, 7) is 6.38. The number of nitrogens with one attached hydrogen (secondary N) is 1. The number of nitrogens with two attached hydrogens (primary N) is 1. The van der Waals surface area contributed by atoms with E-state index in [2.05, 4.69) is 14.8 Å². The topological polar surface area (TPSA) is 89.6 Å². The van der Waals surface area contributed by atoms with E-state index >= 15 is 0 Å². The van der Waals surface area contributed by atoms with Gasteiger partial charge >= 0.3 is 0 Å². The third-order valence-corrected chi connectivity index (χ3v) is 6.53. The smallest absolute Gasteiger partial charge is 0.257 e. The lowest BCUT2D eigenvalue weighted by Gasteiger charge is -2.31. The van der Waals surface area contributed by atoms with Crippen LogP contribution in [0.25, 0.3) is 5.69 Å². The number of nitrogens with zero attached hydrogens (tertiary/aromatic N) is 2. The highest BCUT2D eigenvalue weighted by Gasteiger charge is 2.24. The number of amides is 2. The molecule has 1 aliphatic rings. The second-order valence-corrected chi connectivity index (χ2v) is 8.95. The maximum absolute atomic E-state index is 13.0. The Kier molecular flexibility index (Phi) is 7.03. The Bertz CT molecular complexity index is 1170. The number of anilines is 1. The zero-order valence-corrected chi connectivity index (χ0v) is 20.0. The lowest BCUT2D eigenvalue weighted by atomic mass is 9.97. The van der Waals surface area contributed by atoms with Crippen molar-refractivity contribution in [1.29, 1.82) is 0 Å². The van der Waals surface area contributed by atoms with E-state index in [0.29, 0.717) is 12.1 Å². The molecule has 0 radical (unpaired) electrons. The van der Waals surface area contributed by atoms with Crippen molar-refractivity contribution in [3.05, 3.63) is 77.1 Å². The first-order chi connectivity index (χ1) is 16.4. The average Bonchev–Trinajstić information content (AvgIpc) is 3.14. The number of carbonyl (C=O) groups is 2. The summed E-state index contributed by atoms with van der Waals surface area (Å²) in [5.41, 5.74) is 10.9. The molecule has 2 aromatic carbocycles. The molecule has 7 heteroatoms. The molecule has 0 spiro atoms. The van der Waals surface area contributed by atoms with E-state index in [1.54, 1.807) is 7.11 Å². The number of carbonyl (C=O) groups excluding carboxylic acids is 2. The number of benzene rings is 2. The molecule has 178 valence electrons. The van der Waals surface area contributed by atoms with Crippen molar-refractivity contribution in [1.82, 2.24) is 9.47 Å². The van der Waals surface area contributed by atoms with Crippen molar-refractivity contribution in [2.45, 2.75) is 33.2 Å². The standard InChI is InChI=1S/C27H32N4O3/c1-18-15-25(19(2)31(18)23-10-12-24(34-3)13-11-23)27(33)29-22-8-6-20(7-9-22)16-30-14-4-5-21(17-30)26(28)32/h6-13,15,21H,4-5,14,16-17H2,1-3H3,(H2,28,32)(H,29,33). The monoisotopic (exact) mass is 460 g/mol. The van der Waals surface area contributed by atoms with Crippen molar-refractivity contribution < 1.29 is 14.3 Å². The molecule has 0 saturated carbocycles. The summed E-state index contributed by atoms with van der Waals surface area (Å²) in [7, 11) is 1.64. The average molecular weight is 461 g/mol. The van der Waals surface area contributed by atoms with Gasteiger partial charge in [0.1, 0.15) is 5.75 Å². The number of methoxy groups -OCH3 is 1. The number of likely N-dealkylation sites (tertiary alicyclic amines) is 1. The van der Waals surface area contributed by atoms with Gasteiger partial charge in [-0.15, -0.1) is 0 Å². The highest BCUT2D eigenvalue weighted by Crippen LogP contribution is 2.24. The van der Waals surface area contributed by atoms with Crippen LogP contribution in [-0.2, 0) is 11.3 Å². The summed E-state index contributed by atoms with van der Waals surface area (Å²) >= 11 is 0. The first-order valence-corrected chi connectivity index (χ1v) is 11.6. The van der Waals surface area contributed by atoms with Gasteiger partial charge in [0.05, 0.1) is 18.6 Å². The van der Waals surface area contributed by atoms with Crippen LogP contribution in [0.1, 0.15) is 40.2 Å². The van der Waals surface area contributed by atoms with E-state index in [4.69, 9.17) is 10.5 Å². The van der Waals surface area contributed by atoms with Gasteiger partial charge in [-0.1, -0.05) is 12.1 Å². The van der Waals surface area contributed by atoms with E-state index in [-0.39, 0.29) is 17.7 Å². The van der Waals surface area contributed by atoms with Crippen LogP contribution in [0.4, 0.5) is 5.69 Å². The van der Waals surface area contributed by atoms with E-state index in [1.807, 2.05) is 68.4 Å². The Morgan fingerprint density at radius 3 is 2.44 bits per heavy atom. The zero-order valence-electron chi connectivity index (χ0n) is 20.0. The molecule has 1 aliphatic heterocycles. The van der Waals surface area contributed by atoms with Gasteiger partial charge in [-0.05, 0) is 81.3 Å². The predicted octanol–water partition coefficient (Wildman–Crippen LogP) is 4.05. The number of hydrogen-bond acceptors (Lipinski definition) is 4. The summed E-state index contributed by atoms with van der Waals surface area (Å²) < 4.78 is 7.31. The minimum atomic E-state index is -0.214. The molecule has 1 unspecified atom stereocenters. The Labute approximate surface area is 200 Å². The van der Waals surface area contributed by atoms with Crippen LogP contribution < -0.4 is 15.8 Å². The lowest BCUT2D eigenvalue weighted by Crippen LogP contribution is -2.40. The highest BCUT2D eigenvalue weighted by molar-refractivity contribution is 6.05. The minimum absolute atomic E-state index is 0.0655. The maximum Gasteiger partial charge on any atom is 0.257 e. The number of aromatic nitrogens is 1. The molecule has 3 N–H and O–H groups in total. The third-order valence-electron chi connectivity index (χ3n) is 6.53. The Hall–Kier alpha value is -3.58. The summed E-state index contributed by atoms with van der Waals surface area (Å²) in [6, 6.07) is 17.6. The Morgan fingerprint density at radius 2 is 1.79 bits per heavy atom. The maximum atomic E-state index is 13.0. The molecular weight excluding hydrogens is 428 g/mol. The van der Waals surface area contributed by atoms with Crippen LogP contribution in [-0.4, -0.2) is 41.5 Å². The number of hydrogen-bond donors (Lipinski definition) is 2. The second kappa shape index (κ2) is 10.1. The molecule has 3 aromatic rings. The molecule has 1 fully saturated rings. The quantitative estimate of drug-likeness (QED) is 0.557. The van der Waals surface area contributed by atoms with E-state index in [9.17, 15) is 9.59 Å². The number of rotatable bonds is 7. The van der Waals surface area contributed by atoms with Crippen LogP contribution in [0.3, 0.4) is 0 Å². The molecule has 1 aromatic heterocycles. The fraction of sp³-hybridized carbons (Fsp3) is 0.333. The zero-order chi connectivity index (χ0) is 24.2. The van der Waals surface area contributed by atoms with Crippen LogP contribution >= 0.6 is 0 Å². The third kappa shape index (κ3) is 5.15. The van der Waals surface area contributed by atoms with Gasteiger partial charge in [-0.25, -0.2) is 0 Å². The van der Waals surface area contributed by atoms with Crippen LogP contribution in [0.15, 0.2) is 54.6 Å². The van der Waals surface area contributed by atoms with E-state index in [0.717, 1.165) is 60.0 Å². The minimum Gasteiger partial charge on any atom is -0.497 e. The molecule has 0 aliphatic carbocycles. The van der Waals surface area contributed by atoms with E-state index in [1.165, 1.54) is 0 Å². The first-order valence-electron chi connectivity index (χ1n) is 11.6. The van der Waals surface area contributed by atoms with Gasteiger partial charge in [0.2, 0.25) is 5.91 Å². The highest BCUT2D eigenvalue weighted by atomic mass is 16.5. The largest absolute Gasteiger partial charge is 0.497 e. The normalized spacial score (nSPS) is 16.3. The van der Waals surface area contributed by atoms with Crippen molar-refractivity contribution in [2.75, 3.05) is 25.5 Å². The summed E-state index contributed by atoms with van der Waals surface area (Å²) in [4.78, 5) is 26.8. The van der Waals surface area contributed by atoms with Gasteiger partial charge in [0, 0.05) is 35.9 Å². The molecular formula is C27H32N4O3. The van der Waals surface area contributed by atoms with Crippen LogP contribution in [0.5, 0.6) is 5.75 Å². The molecule has 2 amide bonds. The van der Waals surface area contributed by atoms with E-state index < -0.39 is 0 Å². The van der Waals surface area contributed by atoms with Crippen molar-refractivity contribution in [2.24, 2.45) is 11.7 Å². The SMILES string of the molecule is COc1ccc(-n2c(C)cc(C(=O)Nc3ccc(CN4CCCC(C(N)=O)C4)cc3)c2C)cc1. The Balaban J connectivity index is 1.42. The summed E-state index contributed by atoms with van der Waals surface area (Å²) in [5.74, 6) is 0.375. The first kappa shape index (κ1) is 23.6. The van der Waals surface area contributed by atoms with Crippen molar-refractivity contribution >= 4 is 17.5 Å². The van der Waals surface area contributed by atoms with Crippen LogP contribution in [0.2, 0.25) is 0 Å². The van der Waals surface area contributed by atoms with Gasteiger partial charge in [-0.2, -0.15) is 0 Å². The van der Waals surface area contributed by atoms with Gasteiger partial charge in [0.25, 0.3) is 5.91 Å². The fourth-order valence-corrected chi connectivity index (χ4v) is 4.70. The van der Waals surface area contributed by atoms with Gasteiger partial charge in [0.15, 0.2) is 0 Å². The van der Waals surface area contributed by atoms with Crippen molar-refractivity contribution in [3.63, 3.8) is 0 Å². The molecule has 34 heavy (non-hydrogen) atoms. The molecule has 7 nitrogen and oxygen atoms in total. The van der Waals surface area contributed by atoms with Gasteiger partial charge in [-0.3, -0.25) is 14.5 Å². The fourth-order valence-electron chi connectivity index (χ4n) is 4.70. The summed E-state index contributed by atoms with van der Waals surface area (Å²) in [6.07, 6.45) is 1.85. The molecule has 4 rings (SSSR count). The van der Waals surface area contributed by atoms with Gasteiger partial charge < -0.3 is 20.4 Å².